The normalized spacial score (nSPS) is 23.6. The smallest absolute Gasteiger partial charge is 0.315 e. The van der Waals surface area contributed by atoms with Crippen molar-refractivity contribution in [1.82, 2.24) is 10.6 Å². The van der Waals surface area contributed by atoms with Crippen molar-refractivity contribution >= 4 is 11.9 Å². The Morgan fingerprint density at radius 3 is 2.17 bits per heavy atom. The summed E-state index contributed by atoms with van der Waals surface area (Å²) >= 11 is 0. The van der Waals surface area contributed by atoms with Gasteiger partial charge in [0.15, 0.2) is 0 Å². The van der Waals surface area contributed by atoms with E-state index in [4.69, 9.17) is 11.1 Å². The van der Waals surface area contributed by atoms with Crippen molar-refractivity contribution in [3.8, 4) is 0 Å². The molecule has 0 aromatic rings. The van der Waals surface area contributed by atoms with E-state index in [1.807, 2.05) is 0 Å². The summed E-state index contributed by atoms with van der Waals surface area (Å²) in [6.07, 6.45) is 9.32. The molecule has 2 amide bonds. The molecule has 0 unspecified atom stereocenters. The van der Waals surface area contributed by atoms with Gasteiger partial charge in [0, 0.05) is 6.04 Å². The Morgan fingerprint density at radius 1 is 1.11 bits per heavy atom. The Morgan fingerprint density at radius 2 is 1.72 bits per heavy atom. The Balaban J connectivity index is 1.95. The van der Waals surface area contributed by atoms with Crippen LogP contribution >= 0.6 is 0 Å². The zero-order chi connectivity index (χ0) is 13.0. The van der Waals surface area contributed by atoms with Crippen LogP contribution in [0.15, 0.2) is 0 Å². The van der Waals surface area contributed by atoms with E-state index in [9.17, 15) is 4.79 Å². The van der Waals surface area contributed by atoms with Gasteiger partial charge in [0.1, 0.15) is 5.84 Å². The fraction of sp³-hybridized carbons (Fsp3) is 0.846. The molecule has 2 saturated carbocycles. The van der Waals surface area contributed by atoms with Gasteiger partial charge in [0.25, 0.3) is 0 Å². The monoisotopic (exact) mass is 252 g/mol. The number of hydrogen-bond acceptors (Lipinski definition) is 2. The van der Waals surface area contributed by atoms with Crippen LogP contribution < -0.4 is 16.4 Å². The average Bonchev–Trinajstić information content (AvgIpc) is 2.50. The minimum Gasteiger partial charge on any atom is -0.386 e. The van der Waals surface area contributed by atoms with Gasteiger partial charge in [0.2, 0.25) is 0 Å². The molecule has 102 valence electrons. The van der Waals surface area contributed by atoms with E-state index in [2.05, 4.69) is 10.6 Å². The Labute approximate surface area is 108 Å². The van der Waals surface area contributed by atoms with Crippen molar-refractivity contribution in [2.24, 2.45) is 5.73 Å². The molecule has 18 heavy (non-hydrogen) atoms. The molecule has 5 heteroatoms. The number of carbonyl (C=O) groups is 1. The maximum absolute atomic E-state index is 12.0. The molecule has 0 aromatic heterocycles. The first-order valence-corrected chi connectivity index (χ1v) is 7.06. The SMILES string of the molecule is N=C(N)C1(NC(=O)NC2CCC2)CCCCCC1. The average molecular weight is 252 g/mol. The van der Waals surface area contributed by atoms with Crippen LogP contribution in [0.4, 0.5) is 4.79 Å². The Hall–Kier alpha value is -1.26. The third-order valence-corrected chi connectivity index (χ3v) is 4.27. The number of nitrogens with one attached hydrogen (secondary N) is 3. The second-order valence-corrected chi connectivity index (χ2v) is 5.64. The zero-order valence-electron chi connectivity index (χ0n) is 10.9. The van der Waals surface area contributed by atoms with Gasteiger partial charge in [-0.05, 0) is 32.1 Å². The van der Waals surface area contributed by atoms with Crippen LogP contribution in [0.25, 0.3) is 0 Å². The third-order valence-electron chi connectivity index (χ3n) is 4.27. The first kappa shape index (κ1) is 13.2. The number of urea groups is 1. The van der Waals surface area contributed by atoms with E-state index in [0.29, 0.717) is 6.04 Å². The summed E-state index contributed by atoms with van der Waals surface area (Å²) in [6, 6.07) is 0.164. The molecule has 0 bridgehead atoms. The zero-order valence-corrected chi connectivity index (χ0v) is 10.9. The summed E-state index contributed by atoms with van der Waals surface area (Å²) in [4.78, 5) is 12.0. The second-order valence-electron chi connectivity index (χ2n) is 5.64. The molecule has 2 aliphatic rings. The fourth-order valence-electron chi connectivity index (χ4n) is 2.79. The lowest BCUT2D eigenvalue weighted by molar-refractivity contribution is 0.218. The van der Waals surface area contributed by atoms with Gasteiger partial charge in [-0.15, -0.1) is 0 Å². The molecule has 0 heterocycles. The van der Waals surface area contributed by atoms with Gasteiger partial charge < -0.3 is 16.4 Å². The molecule has 0 aliphatic heterocycles. The van der Waals surface area contributed by atoms with Crippen LogP contribution in [0.2, 0.25) is 0 Å². The molecule has 2 fully saturated rings. The molecular formula is C13H24N4O. The first-order chi connectivity index (χ1) is 8.62. The number of nitrogens with two attached hydrogens (primary N) is 1. The van der Waals surface area contributed by atoms with Crippen molar-refractivity contribution in [3.05, 3.63) is 0 Å². The van der Waals surface area contributed by atoms with E-state index >= 15 is 0 Å². The minimum atomic E-state index is -0.607. The molecular weight excluding hydrogens is 228 g/mol. The lowest BCUT2D eigenvalue weighted by atomic mass is 9.89. The van der Waals surface area contributed by atoms with Crippen molar-refractivity contribution in [2.45, 2.75) is 69.4 Å². The predicted molar refractivity (Wildman–Crippen MR) is 71.7 cm³/mol. The van der Waals surface area contributed by atoms with Crippen molar-refractivity contribution < 1.29 is 4.79 Å². The number of amidine groups is 1. The molecule has 0 saturated heterocycles. The largest absolute Gasteiger partial charge is 0.386 e. The van der Waals surface area contributed by atoms with Crippen LogP contribution in [-0.4, -0.2) is 23.4 Å². The number of amides is 2. The van der Waals surface area contributed by atoms with Crippen LogP contribution in [0.1, 0.15) is 57.8 Å². The molecule has 0 atom stereocenters. The van der Waals surface area contributed by atoms with Gasteiger partial charge >= 0.3 is 6.03 Å². The van der Waals surface area contributed by atoms with E-state index in [-0.39, 0.29) is 11.9 Å². The molecule has 2 rings (SSSR count). The van der Waals surface area contributed by atoms with Gasteiger partial charge in [-0.3, -0.25) is 5.41 Å². The van der Waals surface area contributed by atoms with Gasteiger partial charge in [0.05, 0.1) is 5.54 Å². The quantitative estimate of drug-likeness (QED) is 0.351. The molecule has 2 aliphatic carbocycles. The topological polar surface area (TPSA) is 91.0 Å². The van der Waals surface area contributed by atoms with Crippen LogP contribution in [-0.2, 0) is 0 Å². The standard InChI is InChI=1S/C13H24N4O/c14-11(15)13(8-3-1-2-4-9-13)17-12(18)16-10-6-5-7-10/h10H,1-9H2,(H3,14,15)(H2,16,17,18). The summed E-state index contributed by atoms with van der Waals surface area (Å²) in [6.45, 7) is 0. The summed E-state index contributed by atoms with van der Waals surface area (Å²) in [5.74, 6) is 0.105. The van der Waals surface area contributed by atoms with Crippen LogP contribution in [0.3, 0.4) is 0 Å². The highest BCUT2D eigenvalue weighted by molar-refractivity contribution is 5.91. The molecule has 0 radical (unpaired) electrons. The molecule has 0 spiro atoms. The third kappa shape index (κ3) is 2.94. The highest BCUT2D eigenvalue weighted by Gasteiger charge is 2.36. The highest BCUT2D eigenvalue weighted by atomic mass is 16.2. The number of hydrogen-bond donors (Lipinski definition) is 4. The summed E-state index contributed by atoms with van der Waals surface area (Å²) in [5.41, 5.74) is 5.13. The van der Waals surface area contributed by atoms with Gasteiger partial charge in [-0.25, -0.2) is 4.79 Å². The lowest BCUT2D eigenvalue weighted by Gasteiger charge is -2.34. The summed E-state index contributed by atoms with van der Waals surface area (Å²) in [5, 5.41) is 13.7. The fourth-order valence-corrected chi connectivity index (χ4v) is 2.79. The van der Waals surface area contributed by atoms with Crippen LogP contribution in [0, 0.1) is 5.41 Å². The lowest BCUT2D eigenvalue weighted by Crippen LogP contribution is -2.60. The Kier molecular flexibility index (Phi) is 4.09. The van der Waals surface area contributed by atoms with Gasteiger partial charge in [-0.1, -0.05) is 25.7 Å². The molecule has 0 aromatic carbocycles. The van der Waals surface area contributed by atoms with Crippen molar-refractivity contribution in [3.63, 3.8) is 0 Å². The highest BCUT2D eigenvalue weighted by Crippen LogP contribution is 2.27. The van der Waals surface area contributed by atoms with Crippen LogP contribution in [0.5, 0.6) is 0 Å². The predicted octanol–water partition coefficient (Wildman–Crippen LogP) is 1.87. The molecule has 5 nitrogen and oxygen atoms in total. The van der Waals surface area contributed by atoms with E-state index in [1.165, 1.54) is 19.3 Å². The first-order valence-electron chi connectivity index (χ1n) is 7.06. The number of rotatable bonds is 3. The van der Waals surface area contributed by atoms with E-state index in [0.717, 1.165) is 38.5 Å². The van der Waals surface area contributed by atoms with E-state index in [1.54, 1.807) is 0 Å². The maximum Gasteiger partial charge on any atom is 0.315 e. The number of carbonyl (C=O) groups excluding carboxylic acids is 1. The maximum atomic E-state index is 12.0. The minimum absolute atomic E-state index is 0.105. The van der Waals surface area contributed by atoms with Gasteiger partial charge in [-0.2, -0.15) is 0 Å². The molecule has 5 N–H and O–H groups in total. The van der Waals surface area contributed by atoms with Crippen molar-refractivity contribution in [2.75, 3.05) is 0 Å². The second kappa shape index (κ2) is 5.59. The summed E-state index contributed by atoms with van der Waals surface area (Å²) < 4.78 is 0. The van der Waals surface area contributed by atoms with E-state index < -0.39 is 5.54 Å². The summed E-state index contributed by atoms with van der Waals surface area (Å²) in [7, 11) is 0. The Bertz CT molecular complexity index is 317. The van der Waals surface area contributed by atoms with Crippen molar-refractivity contribution in [1.29, 1.82) is 5.41 Å².